The van der Waals surface area contributed by atoms with Crippen molar-refractivity contribution in [2.24, 2.45) is 11.8 Å². The van der Waals surface area contributed by atoms with Crippen molar-refractivity contribution < 1.29 is 0 Å². The predicted octanol–water partition coefficient (Wildman–Crippen LogP) is 5.31. The van der Waals surface area contributed by atoms with Crippen LogP contribution in [0.15, 0.2) is 48.5 Å². The second kappa shape index (κ2) is 4.78. The Morgan fingerprint density at radius 2 is 1.58 bits per heavy atom. The highest BCUT2D eigenvalue weighted by Crippen LogP contribution is 2.72. The molecule has 0 aromatic heterocycles. The molecule has 2 unspecified atom stereocenters. The van der Waals surface area contributed by atoms with Crippen LogP contribution in [0.25, 0.3) is 0 Å². The van der Waals surface area contributed by atoms with E-state index in [1.165, 1.54) is 36.3 Å². The fourth-order valence-corrected chi connectivity index (χ4v) is 6.02. The SMILES string of the molecule is CCC[C@@H]1C2[C@@H]3N(C)c4ccccc4N3c3ccccc3C21CC. The summed E-state index contributed by atoms with van der Waals surface area (Å²) in [5, 5.41) is 0. The van der Waals surface area contributed by atoms with Crippen LogP contribution in [0.1, 0.15) is 38.7 Å². The second-order valence-corrected chi connectivity index (χ2v) is 7.72. The normalized spacial score (nSPS) is 32.0. The monoisotopic (exact) mass is 318 g/mol. The van der Waals surface area contributed by atoms with Crippen LogP contribution in [0.4, 0.5) is 17.1 Å². The fourth-order valence-electron chi connectivity index (χ4n) is 6.02. The van der Waals surface area contributed by atoms with E-state index < -0.39 is 0 Å². The Morgan fingerprint density at radius 1 is 0.917 bits per heavy atom. The van der Waals surface area contributed by atoms with Crippen LogP contribution in [-0.4, -0.2) is 13.2 Å². The van der Waals surface area contributed by atoms with Gasteiger partial charge in [-0.05, 0) is 42.5 Å². The Kier molecular flexibility index (Phi) is 2.87. The summed E-state index contributed by atoms with van der Waals surface area (Å²) in [6.07, 6.45) is 4.37. The van der Waals surface area contributed by atoms with E-state index in [0.29, 0.717) is 11.6 Å². The molecule has 2 nitrogen and oxygen atoms in total. The zero-order chi connectivity index (χ0) is 16.5. The van der Waals surface area contributed by atoms with E-state index >= 15 is 0 Å². The third-order valence-corrected chi connectivity index (χ3v) is 6.93. The molecule has 2 aromatic rings. The van der Waals surface area contributed by atoms with Crippen LogP contribution in [-0.2, 0) is 5.41 Å². The van der Waals surface area contributed by atoms with Crippen molar-refractivity contribution in [1.82, 2.24) is 0 Å². The Bertz CT molecular complexity index is 798. The van der Waals surface area contributed by atoms with Crippen molar-refractivity contribution in [3.8, 4) is 0 Å². The van der Waals surface area contributed by atoms with Gasteiger partial charge in [-0.3, -0.25) is 0 Å². The molecule has 2 heterocycles. The lowest BCUT2D eigenvalue weighted by atomic mass is 9.83. The Labute approximate surface area is 145 Å². The molecule has 2 heteroatoms. The summed E-state index contributed by atoms with van der Waals surface area (Å²) in [6, 6.07) is 18.1. The molecule has 3 aliphatic rings. The quantitative estimate of drug-likeness (QED) is 0.757. The molecule has 24 heavy (non-hydrogen) atoms. The van der Waals surface area contributed by atoms with Gasteiger partial charge in [0.2, 0.25) is 0 Å². The van der Waals surface area contributed by atoms with Crippen molar-refractivity contribution in [2.75, 3.05) is 16.8 Å². The summed E-state index contributed by atoms with van der Waals surface area (Å²) in [5.74, 6) is 1.56. The summed E-state index contributed by atoms with van der Waals surface area (Å²) in [5.41, 5.74) is 6.19. The third kappa shape index (κ3) is 1.48. The largest absolute Gasteiger partial charge is 0.352 e. The molecule has 0 N–H and O–H groups in total. The van der Waals surface area contributed by atoms with E-state index in [-0.39, 0.29) is 0 Å². The van der Waals surface area contributed by atoms with Gasteiger partial charge in [-0.25, -0.2) is 0 Å². The molecule has 4 atom stereocenters. The first-order chi connectivity index (χ1) is 11.8. The minimum Gasteiger partial charge on any atom is -0.352 e. The fraction of sp³-hybridized carbons (Fsp3) is 0.455. The van der Waals surface area contributed by atoms with Gasteiger partial charge in [0.15, 0.2) is 0 Å². The van der Waals surface area contributed by atoms with E-state index in [4.69, 9.17) is 0 Å². The molecule has 1 saturated carbocycles. The van der Waals surface area contributed by atoms with Gasteiger partial charge >= 0.3 is 0 Å². The molecule has 0 radical (unpaired) electrons. The van der Waals surface area contributed by atoms with Gasteiger partial charge < -0.3 is 9.80 Å². The minimum atomic E-state index is 0.393. The van der Waals surface area contributed by atoms with Crippen molar-refractivity contribution >= 4 is 17.1 Å². The van der Waals surface area contributed by atoms with Crippen LogP contribution in [0.2, 0.25) is 0 Å². The van der Waals surface area contributed by atoms with Gasteiger partial charge in [-0.2, -0.15) is 0 Å². The lowest BCUT2D eigenvalue weighted by Gasteiger charge is -2.39. The van der Waals surface area contributed by atoms with E-state index in [1.54, 1.807) is 5.56 Å². The van der Waals surface area contributed by atoms with Crippen LogP contribution >= 0.6 is 0 Å². The van der Waals surface area contributed by atoms with Crippen molar-refractivity contribution in [3.05, 3.63) is 54.1 Å². The average molecular weight is 318 g/mol. The van der Waals surface area contributed by atoms with Crippen molar-refractivity contribution in [2.45, 2.75) is 44.7 Å². The molecule has 2 aliphatic heterocycles. The molecule has 0 amide bonds. The first kappa shape index (κ1) is 14.4. The molecule has 5 rings (SSSR count). The third-order valence-electron chi connectivity index (χ3n) is 6.93. The average Bonchev–Trinajstić information content (AvgIpc) is 3.19. The van der Waals surface area contributed by atoms with Crippen LogP contribution in [0, 0.1) is 11.8 Å². The Hall–Kier alpha value is -1.96. The number of rotatable bonds is 3. The topological polar surface area (TPSA) is 6.48 Å². The van der Waals surface area contributed by atoms with Crippen molar-refractivity contribution in [1.29, 1.82) is 0 Å². The maximum atomic E-state index is 2.62. The van der Waals surface area contributed by atoms with Gasteiger partial charge in [0.1, 0.15) is 6.17 Å². The molecule has 2 aromatic carbocycles. The number of fused-ring (bicyclic) bond motifs is 8. The molecule has 1 fully saturated rings. The zero-order valence-corrected chi connectivity index (χ0v) is 14.9. The smallest absolute Gasteiger partial charge is 0.110 e. The molecule has 0 bridgehead atoms. The van der Waals surface area contributed by atoms with E-state index in [2.05, 4.69) is 79.2 Å². The zero-order valence-electron chi connectivity index (χ0n) is 14.9. The van der Waals surface area contributed by atoms with Crippen LogP contribution in [0.5, 0.6) is 0 Å². The van der Waals surface area contributed by atoms with Gasteiger partial charge in [-0.1, -0.05) is 50.6 Å². The van der Waals surface area contributed by atoms with Gasteiger partial charge in [0, 0.05) is 24.1 Å². The molecule has 0 saturated heterocycles. The van der Waals surface area contributed by atoms with Gasteiger partial charge in [0.05, 0.1) is 11.4 Å². The number of hydrogen-bond donors (Lipinski definition) is 0. The lowest BCUT2D eigenvalue weighted by Crippen LogP contribution is -2.45. The van der Waals surface area contributed by atoms with Crippen molar-refractivity contribution in [3.63, 3.8) is 0 Å². The van der Waals surface area contributed by atoms with E-state index in [0.717, 1.165) is 11.8 Å². The summed E-state index contributed by atoms with van der Waals surface area (Å²) in [7, 11) is 2.29. The first-order valence-electron chi connectivity index (χ1n) is 9.46. The highest BCUT2D eigenvalue weighted by molar-refractivity contribution is 5.87. The second-order valence-electron chi connectivity index (χ2n) is 7.72. The Morgan fingerprint density at radius 3 is 2.29 bits per heavy atom. The standard InChI is InChI=1S/C22H26N2/c1-4-10-16-20-21-23(3)18-13-8-9-14-19(18)24(21)17-12-7-6-11-15(17)22(16,20)5-2/h6-9,11-14,16,20-21H,4-5,10H2,1-3H3/t16-,20?,21-,22?/m1/s1. The maximum absolute atomic E-state index is 2.62. The molecule has 124 valence electrons. The summed E-state index contributed by atoms with van der Waals surface area (Å²) < 4.78 is 0. The highest BCUT2D eigenvalue weighted by atomic mass is 15.4. The summed E-state index contributed by atoms with van der Waals surface area (Å²) in [4.78, 5) is 5.16. The van der Waals surface area contributed by atoms with Gasteiger partial charge in [-0.15, -0.1) is 0 Å². The number of nitrogens with zero attached hydrogens (tertiary/aromatic N) is 2. The van der Waals surface area contributed by atoms with Crippen LogP contribution in [0.3, 0.4) is 0 Å². The van der Waals surface area contributed by atoms with Gasteiger partial charge in [0.25, 0.3) is 0 Å². The lowest BCUT2D eigenvalue weighted by molar-refractivity contribution is 0.476. The number of hydrogen-bond acceptors (Lipinski definition) is 2. The number of benzene rings is 2. The molecule has 1 aliphatic carbocycles. The highest BCUT2D eigenvalue weighted by Gasteiger charge is 2.71. The van der Waals surface area contributed by atoms with Crippen LogP contribution < -0.4 is 9.80 Å². The minimum absolute atomic E-state index is 0.393. The molecular weight excluding hydrogens is 292 g/mol. The molecular formula is C22H26N2. The summed E-state index contributed by atoms with van der Waals surface area (Å²) in [6.45, 7) is 4.74. The van der Waals surface area contributed by atoms with E-state index in [9.17, 15) is 0 Å². The number of para-hydroxylation sites is 3. The summed E-state index contributed by atoms with van der Waals surface area (Å²) >= 11 is 0. The predicted molar refractivity (Wildman–Crippen MR) is 101 cm³/mol. The Balaban J connectivity index is 1.75. The maximum Gasteiger partial charge on any atom is 0.110 e. The first-order valence-corrected chi connectivity index (χ1v) is 9.46. The molecule has 0 spiro atoms. The van der Waals surface area contributed by atoms with E-state index in [1.807, 2.05) is 0 Å². The number of anilines is 3.